The van der Waals surface area contributed by atoms with Gasteiger partial charge in [-0.1, -0.05) is 24.3 Å². The monoisotopic (exact) mass is 426 g/mol. The van der Waals surface area contributed by atoms with Gasteiger partial charge in [0.15, 0.2) is 11.6 Å². The molecule has 0 aliphatic heterocycles. The maximum atomic E-state index is 14.7. The summed E-state index contributed by atoms with van der Waals surface area (Å²) < 4.78 is 40.4. The lowest BCUT2D eigenvalue weighted by atomic mass is 10.1. The number of nitrogen functional groups attached to an aromatic ring is 1. The molecule has 0 amide bonds. The zero-order valence-electron chi connectivity index (χ0n) is 17.6. The molecule has 31 heavy (non-hydrogen) atoms. The van der Waals surface area contributed by atoms with E-state index in [1.807, 2.05) is 20.2 Å². The molecule has 0 aliphatic rings. The van der Waals surface area contributed by atoms with Crippen LogP contribution in [0.25, 0.3) is 0 Å². The van der Waals surface area contributed by atoms with Crippen LogP contribution in [0.4, 0.5) is 8.78 Å². The Kier molecular flexibility index (Phi) is 6.81. The Morgan fingerprint density at radius 3 is 2.16 bits per heavy atom. The van der Waals surface area contributed by atoms with E-state index >= 15 is 0 Å². The van der Waals surface area contributed by atoms with Crippen LogP contribution in [0.15, 0.2) is 48.5 Å². The first-order chi connectivity index (χ1) is 14.7. The zero-order valence-corrected chi connectivity index (χ0v) is 17.6. The SMILES string of the molecule is Cc1c(F)c(Oc2cccc(CCN(C)C)c2)nc(Oc2cccc(C(=N)N)c2)c1F. The van der Waals surface area contributed by atoms with E-state index < -0.39 is 17.5 Å². The summed E-state index contributed by atoms with van der Waals surface area (Å²) in [6.07, 6.45) is 0.795. The molecule has 3 N–H and O–H groups in total. The third kappa shape index (κ3) is 5.55. The molecule has 0 spiro atoms. The second-order valence-electron chi connectivity index (χ2n) is 7.32. The molecule has 1 aromatic heterocycles. The average Bonchev–Trinajstić information content (AvgIpc) is 2.74. The fraction of sp³-hybridized carbons (Fsp3) is 0.217. The summed E-state index contributed by atoms with van der Waals surface area (Å²) in [5.74, 6) is -2.22. The molecule has 0 unspecified atom stereocenters. The minimum Gasteiger partial charge on any atom is -0.436 e. The van der Waals surface area contributed by atoms with Crippen molar-refractivity contribution < 1.29 is 18.3 Å². The van der Waals surface area contributed by atoms with Crippen molar-refractivity contribution in [3.8, 4) is 23.3 Å². The second-order valence-corrected chi connectivity index (χ2v) is 7.32. The molecule has 0 saturated heterocycles. The number of pyridine rings is 1. The maximum absolute atomic E-state index is 14.7. The third-order valence-corrected chi connectivity index (χ3v) is 4.56. The molecule has 3 rings (SSSR count). The van der Waals surface area contributed by atoms with Gasteiger partial charge in [0, 0.05) is 17.7 Å². The molecule has 1 heterocycles. The van der Waals surface area contributed by atoms with Gasteiger partial charge in [-0.3, -0.25) is 5.41 Å². The number of hydrogen-bond acceptors (Lipinski definition) is 5. The highest BCUT2D eigenvalue weighted by molar-refractivity contribution is 5.95. The fourth-order valence-electron chi connectivity index (χ4n) is 2.81. The predicted molar refractivity (Wildman–Crippen MR) is 115 cm³/mol. The van der Waals surface area contributed by atoms with Gasteiger partial charge in [-0.25, -0.2) is 8.78 Å². The molecule has 0 fully saturated rings. The number of hydrogen-bond donors (Lipinski definition) is 2. The Hall–Kier alpha value is -3.52. The number of rotatable bonds is 8. The Morgan fingerprint density at radius 2 is 1.58 bits per heavy atom. The smallest absolute Gasteiger partial charge is 0.259 e. The standard InChI is InChI=1S/C23H24F2N4O2/c1-14-19(24)22(30-17-8-4-6-15(12-17)10-11-29(2)3)28-23(20(14)25)31-18-9-5-7-16(13-18)21(26)27/h4-9,12-13H,10-11H2,1-3H3,(H3,26,27). The first-order valence-electron chi connectivity index (χ1n) is 9.64. The summed E-state index contributed by atoms with van der Waals surface area (Å²) in [7, 11) is 3.96. The predicted octanol–water partition coefficient (Wildman–Crippen LogP) is 4.64. The molecule has 6 nitrogen and oxygen atoms in total. The number of benzene rings is 2. The van der Waals surface area contributed by atoms with Crippen LogP contribution in [-0.4, -0.2) is 36.4 Å². The van der Waals surface area contributed by atoms with E-state index in [0.29, 0.717) is 11.3 Å². The summed E-state index contributed by atoms with van der Waals surface area (Å²) in [6, 6.07) is 13.5. The van der Waals surface area contributed by atoms with E-state index in [1.165, 1.54) is 13.0 Å². The molecule has 8 heteroatoms. The van der Waals surface area contributed by atoms with Crippen molar-refractivity contribution in [3.05, 3.63) is 76.9 Å². The Bertz CT molecular complexity index is 1100. The number of likely N-dealkylation sites (N-methyl/N-ethyl adjacent to an activating group) is 1. The normalized spacial score (nSPS) is 10.9. The lowest BCUT2D eigenvalue weighted by molar-refractivity contribution is 0.372. The molecule has 0 saturated carbocycles. The van der Waals surface area contributed by atoms with Gasteiger partial charge in [-0.15, -0.1) is 0 Å². The molecule has 0 atom stereocenters. The van der Waals surface area contributed by atoms with Crippen LogP contribution in [0.3, 0.4) is 0 Å². The number of nitrogens with one attached hydrogen (secondary N) is 1. The van der Waals surface area contributed by atoms with Crippen molar-refractivity contribution in [2.75, 3.05) is 20.6 Å². The van der Waals surface area contributed by atoms with Gasteiger partial charge >= 0.3 is 0 Å². The Labute approximate surface area is 179 Å². The number of aromatic nitrogens is 1. The van der Waals surface area contributed by atoms with Crippen molar-refractivity contribution in [3.63, 3.8) is 0 Å². The van der Waals surface area contributed by atoms with Crippen LogP contribution in [0.5, 0.6) is 23.3 Å². The van der Waals surface area contributed by atoms with Crippen LogP contribution < -0.4 is 15.2 Å². The van der Waals surface area contributed by atoms with Crippen LogP contribution in [0.2, 0.25) is 0 Å². The van der Waals surface area contributed by atoms with Crippen molar-refractivity contribution in [2.45, 2.75) is 13.3 Å². The minimum atomic E-state index is -0.933. The lowest BCUT2D eigenvalue weighted by Crippen LogP contribution is -2.15. The van der Waals surface area contributed by atoms with Crippen LogP contribution >= 0.6 is 0 Å². The van der Waals surface area contributed by atoms with Crippen molar-refractivity contribution in [1.29, 1.82) is 5.41 Å². The van der Waals surface area contributed by atoms with Gasteiger partial charge in [-0.2, -0.15) is 4.98 Å². The fourth-order valence-corrected chi connectivity index (χ4v) is 2.81. The average molecular weight is 426 g/mol. The number of amidine groups is 1. The van der Waals surface area contributed by atoms with Gasteiger partial charge in [0.1, 0.15) is 17.3 Å². The van der Waals surface area contributed by atoms with Gasteiger partial charge in [-0.05, 0) is 57.3 Å². The van der Waals surface area contributed by atoms with Crippen LogP contribution in [0.1, 0.15) is 16.7 Å². The summed E-state index contributed by atoms with van der Waals surface area (Å²) in [4.78, 5) is 5.97. The number of nitrogens with two attached hydrogens (primary N) is 1. The largest absolute Gasteiger partial charge is 0.436 e. The molecule has 3 aromatic rings. The third-order valence-electron chi connectivity index (χ3n) is 4.56. The summed E-state index contributed by atoms with van der Waals surface area (Å²) in [5, 5.41) is 7.51. The van der Waals surface area contributed by atoms with Crippen LogP contribution in [-0.2, 0) is 6.42 Å². The highest BCUT2D eigenvalue weighted by Crippen LogP contribution is 2.33. The number of halogens is 2. The van der Waals surface area contributed by atoms with Gasteiger partial charge in [0.2, 0.25) is 0 Å². The zero-order chi connectivity index (χ0) is 22.5. The minimum absolute atomic E-state index is 0.160. The molecular weight excluding hydrogens is 402 g/mol. The van der Waals surface area contributed by atoms with E-state index in [0.717, 1.165) is 18.5 Å². The first kappa shape index (κ1) is 22.2. The number of nitrogens with zero attached hydrogens (tertiary/aromatic N) is 2. The van der Waals surface area contributed by atoms with Crippen molar-refractivity contribution in [1.82, 2.24) is 9.88 Å². The quantitative estimate of drug-likeness (QED) is 0.405. The maximum Gasteiger partial charge on any atom is 0.259 e. The van der Waals surface area contributed by atoms with Gasteiger partial charge in [0.25, 0.3) is 11.8 Å². The molecule has 0 radical (unpaired) electrons. The lowest BCUT2D eigenvalue weighted by Gasteiger charge is -2.13. The summed E-state index contributed by atoms with van der Waals surface area (Å²) >= 11 is 0. The van der Waals surface area contributed by atoms with Crippen molar-refractivity contribution in [2.24, 2.45) is 5.73 Å². The van der Waals surface area contributed by atoms with Crippen LogP contribution in [0, 0.1) is 24.0 Å². The van der Waals surface area contributed by atoms with E-state index in [2.05, 4.69) is 9.88 Å². The molecular formula is C23H24F2N4O2. The molecule has 0 bridgehead atoms. The topological polar surface area (TPSA) is 84.5 Å². The van der Waals surface area contributed by atoms with E-state index in [1.54, 1.807) is 36.4 Å². The van der Waals surface area contributed by atoms with Crippen molar-refractivity contribution >= 4 is 5.84 Å². The molecule has 162 valence electrons. The Balaban J connectivity index is 1.89. The van der Waals surface area contributed by atoms with E-state index in [-0.39, 0.29) is 23.0 Å². The Morgan fingerprint density at radius 1 is 1.00 bits per heavy atom. The van der Waals surface area contributed by atoms with E-state index in [9.17, 15) is 8.78 Å². The first-order valence-corrected chi connectivity index (χ1v) is 9.64. The summed E-state index contributed by atoms with van der Waals surface area (Å²) in [6.45, 7) is 2.13. The molecule has 2 aromatic carbocycles. The molecule has 0 aliphatic carbocycles. The van der Waals surface area contributed by atoms with Gasteiger partial charge < -0.3 is 20.1 Å². The van der Waals surface area contributed by atoms with Gasteiger partial charge in [0.05, 0.1) is 0 Å². The number of ether oxygens (including phenoxy) is 2. The second kappa shape index (κ2) is 9.53. The highest BCUT2D eigenvalue weighted by atomic mass is 19.1. The summed E-state index contributed by atoms with van der Waals surface area (Å²) in [5.41, 5.74) is 6.63. The van der Waals surface area contributed by atoms with E-state index in [4.69, 9.17) is 20.6 Å². The highest BCUT2D eigenvalue weighted by Gasteiger charge is 2.21.